The van der Waals surface area contributed by atoms with Gasteiger partial charge in [-0.2, -0.15) is 0 Å². The minimum absolute atomic E-state index is 0.112. The number of aryl methyl sites for hydroxylation is 1. The molecule has 0 aliphatic heterocycles. The molecule has 0 spiro atoms. The fraction of sp³-hybridized carbons (Fsp3) is 0.444. The minimum atomic E-state index is 0.112. The lowest BCUT2D eigenvalue weighted by Gasteiger charge is -2.02. The zero-order valence-electron chi connectivity index (χ0n) is 7.67. The van der Waals surface area contributed by atoms with Crippen molar-refractivity contribution in [2.75, 3.05) is 0 Å². The van der Waals surface area contributed by atoms with Gasteiger partial charge in [0.15, 0.2) is 0 Å². The number of halogens is 1. The van der Waals surface area contributed by atoms with Crippen molar-refractivity contribution >= 4 is 21.7 Å². The third kappa shape index (κ3) is 2.88. The molecule has 1 aromatic heterocycles. The van der Waals surface area contributed by atoms with Gasteiger partial charge in [0, 0.05) is 19.0 Å². The van der Waals surface area contributed by atoms with Crippen molar-refractivity contribution in [2.45, 2.75) is 26.7 Å². The second-order valence-electron chi connectivity index (χ2n) is 2.81. The van der Waals surface area contributed by atoms with Crippen molar-refractivity contribution in [3.8, 4) is 0 Å². The van der Waals surface area contributed by atoms with Gasteiger partial charge in [0.25, 0.3) is 0 Å². The van der Waals surface area contributed by atoms with E-state index >= 15 is 0 Å². The fourth-order valence-corrected chi connectivity index (χ4v) is 1.31. The average molecular weight is 243 g/mol. The van der Waals surface area contributed by atoms with Crippen LogP contribution in [-0.2, 0) is 17.6 Å². The predicted octanol–water partition coefficient (Wildman–Crippen LogP) is 1.93. The molecule has 0 saturated heterocycles. The summed E-state index contributed by atoms with van der Waals surface area (Å²) in [5, 5.41) is 0. The van der Waals surface area contributed by atoms with E-state index in [0.29, 0.717) is 6.42 Å². The second-order valence-corrected chi connectivity index (χ2v) is 3.67. The Morgan fingerprint density at radius 3 is 2.85 bits per heavy atom. The second kappa shape index (κ2) is 4.46. The summed E-state index contributed by atoms with van der Waals surface area (Å²) in [5.41, 5.74) is 0.777. The molecule has 0 atom stereocenters. The van der Waals surface area contributed by atoms with Crippen molar-refractivity contribution in [3.05, 3.63) is 22.2 Å². The van der Waals surface area contributed by atoms with Gasteiger partial charge in [-0.25, -0.2) is 9.97 Å². The third-order valence-corrected chi connectivity index (χ3v) is 2.26. The van der Waals surface area contributed by atoms with Crippen molar-refractivity contribution in [2.24, 2.45) is 0 Å². The number of hydrogen-bond donors (Lipinski definition) is 0. The van der Waals surface area contributed by atoms with Gasteiger partial charge >= 0.3 is 0 Å². The topological polar surface area (TPSA) is 42.9 Å². The number of aromatic nitrogens is 2. The zero-order chi connectivity index (χ0) is 9.84. The van der Waals surface area contributed by atoms with Gasteiger partial charge in [-0.15, -0.1) is 0 Å². The SMILES string of the molecule is CCc1ncc(Br)c(CC(C)=O)n1. The van der Waals surface area contributed by atoms with E-state index in [1.54, 1.807) is 13.1 Å². The number of ketones is 1. The lowest BCUT2D eigenvalue weighted by molar-refractivity contribution is -0.116. The maximum Gasteiger partial charge on any atom is 0.135 e. The summed E-state index contributed by atoms with van der Waals surface area (Å²) in [7, 11) is 0. The molecule has 0 aromatic carbocycles. The van der Waals surface area contributed by atoms with Gasteiger partial charge in [-0.3, -0.25) is 4.79 Å². The first kappa shape index (κ1) is 10.3. The van der Waals surface area contributed by atoms with E-state index in [2.05, 4.69) is 25.9 Å². The monoisotopic (exact) mass is 242 g/mol. The van der Waals surface area contributed by atoms with Crippen LogP contribution >= 0.6 is 15.9 Å². The van der Waals surface area contributed by atoms with Crippen molar-refractivity contribution in [1.29, 1.82) is 0 Å². The van der Waals surface area contributed by atoms with E-state index in [-0.39, 0.29) is 5.78 Å². The molecule has 70 valence electrons. The predicted molar refractivity (Wildman–Crippen MR) is 53.5 cm³/mol. The Balaban J connectivity index is 2.96. The Hall–Kier alpha value is -0.770. The van der Waals surface area contributed by atoms with Gasteiger partial charge < -0.3 is 0 Å². The molecule has 0 aliphatic carbocycles. The number of Topliss-reactive ketones (excluding diaryl/α,β-unsaturated/α-hetero) is 1. The van der Waals surface area contributed by atoms with Crippen LogP contribution in [0.15, 0.2) is 10.7 Å². The smallest absolute Gasteiger partial charge is 0.135 e. The first-order chi connectivity index (χ1) is 6.13. The van der Waals surface area contributed by atoms with Crippen LogP contribution in [0.1, 0.15) is 25.4 Å². The molecule has 0 radical (unpaired) electrons. The van der Waals surface area contributed by atoms with Crippen molar-refractivity contribution < 1.29 is 4.79 Å². The largest absolute Gasteiger partial charge is 0.300 e. The molecule has 4 heteroatoms. The summed E-state index contributed by atoms with van der Waals surface area (Å²) in [6, 6.07) is 0. The Labute approximate surface area is 85.7 Å². The molecule has 0 saturated carbocycles. The minimum Gasteiger partial charge on any atom is -0.300 e. The Morgan fingerprint density at radius 1 is 1.62 bits per heavy atom. The zero-order valence-corrected chi connectivity index (χ0v) is 9.26. The van der Waals surface area contributed by atoms with Crippen molar-refractivity contribution in [3.63, 3.8) is 0 Å². The highest BCUT2D eigenvalue weighted by atomic mass is 79.9. The molecule has 0 fully saturated rings. The molecule has 0 N–H and O–H groups in total. The molecule has 1 aromatic rings. The molecule has 1 rings (SSSR count). The highest BCUT2D eigenvalue weighted by molar-refractivity contribution is 9.10. The first-order valence-corrected chi connectivity index (χ1v) is 4.92. The quantitative estimate of drug-likeness (QED) is 0.814. The van der Waals surface area contributed by atoms with Crippen LogP contribution in [-0.4, -0.2) is 15.8 Å². The summed E-state index contributed by atoms with van der Waals surface area (Å²) < 4.78 is 0.805. The molecule has 3 nitrogen and oxygen atoms in total. The number of carbonyl (C=O) groups excluding carboxylic acids is 1. The fourth-order valence-electron chi connectivity index (χ4n) is 0.974. The number of carbonyl (C=O) groups is 1. The summed E-state index contributed by atoms with van der Waals surface area (Å²) in [6.45, 7) is 3.54. The maximum atomic E-state index is 10.9. The van der Waals surface area contributed by atoms with Crippen molar-refractivity contribution in [1.82, 2.24) is 9.97 Å². The Morgan fingerprint density at radius 2 is 2.31 bits per heavy atom. The summed E-state index contributed by atoms with van der Waals surface area (Å²) >= 11 is 3.31. The van der Waals surface area contributed by atoms with Gasteiger partial charge in [0.05, 0.1) is 10.2 Å². The van der Waals surface area contributed by atoms with Crippen LogP contribution in [0.3, 0.4) is 0 Å². The molecule has 0 unspecified atom stereocenters. The molecule has 1 heterocycles. The van der Waals surface area contributed by atoms with Crippen LogP contribution in [0.4, 0.5) is 0 Å². The number of nitrogens with zero attached hydrogens (tertiary/aromatic N) is 2. The van der Waals surface area contributed by atoms with Gasteiger partial charge in [-0.05, 0) is 22.9 Å². The van der Waals surface area contributed by atoms with Crippen LogP contribution in [0, 0.1) is 0 Å². The number of rotatable bonds is 3. The van der Waals surface area contributed by atoms with Gasteiger partial charge in [0.1, 0.15) is 11.6 Å². The van der Waals surface area contributed by atoms with Gasteiger partial charge in [0.2, 0.25) is 0 Å². The van der Waals surface area contributed by atoms with Crippen LogP contribution in [0.5, 0.6) is 0 Å². The van der Waals surface area contributed by atoms with E-state index in [1.165, 1.54) is 0 Å². The molecule has 13 heavy (non-hydrogen) atoms. The van der Waals surface area contributed by atoms with Gasteiger partial charge in [-0.1, -0.05) is 6.92 Å². The van der Waals surface area contributed by atoms with E-state index in [1.807, 2.05) is 6.92 Å². The Bertz CT molecular complexity index is 325. The molecular weight excluding hydrogens is 232 g/mol. The Kier molecular flexibility index (Phi) is 3.54. The molecule has 0 amide bonds. The first-order valence-electron chi connectivity index (χ1n) is 4.13. The highest BCUT2D eigenvalue weighted by Gasteiger charge is 2.06. The standard InChI is InChI=1S/C9H11BrN2O/c1-3-9-11-5-7(10)8(12-9)4-6(2)13/h5H,3-4H2,1-2H3. The van der Waals surface area contributed by atoms with Crippen LogP contribution in [0.25, 0.3) is 0 Å². The van der Waals surface area contributed by atoms with E-state index in [0.717, 1.165) is 22.4 Å². The average Bonchev–Trinajstić information content (AvgIpc) is 2.08. The summed E-state index contributed by atoms with van der Waals surface area (Å²) in [4.78, 5) is 19.2. The van der Waals surface area contributed by atoms with Crippen LogP contribution in [0.2, 0.25) is 0 Å². The third-order valence-electron chi connectivity index (χ3n) is 1.60. The van der Waals surface area contributed by atoms with E-state index in [9.17, 15) is 4.79 Å². The molecule has 0 bridgehead atoms. The van der Waals surface area contributed by atoms with Crippen LogP contribution < -0.4 is 0 Å². The number of hydrogen-bond acceptors (Lipinski definition) is 3. The summed E-state index contributed by atoms with van der Waals surface area (Å²) in [6.07, 6.45) is 2.86. The molecular formula is C9H11BrN2O. The maximum absolute atomic E-state index is 10.9. The summed E-state index contributed by atoms with van der Waals surface area (Å²) in [5.74, 6) is 0.890. The lowest BCUT2D eigenvalue weighted by Crippen LogP contribution is -2.04. The van der Waals surface area contributed by atoms with E-state index in [4.69, 9.17) is 0 Å². The molecule has 0 aliphatic rings. The highest BCUT2D eigenvalue weighted by Crippen LogP contribution is 2.14. The lowest BCUT2D eigenvalue weighted by atomic mass is 10.2. The normalized spacial score (nSPS) is 10.1. The van der Waals surface area contributed by atoms with E-state index < -0.39 is 0 Å².